The number of hydrogen-bond acceptors (Lipinski definition) is 0. The molecule has 0 unspecified atom stereocenters. The van der Waals surface area contributed by atoms with Gasteiger partial charge in [-0.05, 0) is 77.1 Å². The second-order valence-corrected chi connectivity index (χ2v) is 7.43. The summed E-state index contributed by atoms with van der Waals surface area (Å²) in [5.74, 6) is 0. The van der Waals surface area contributed by atoms with Crippen LogP contribution in [0.5, 0.6) is 0 Å². The standard InChI is InChI=1S/C25H14.C2H6/c1-13-12-18-9-8-16-5-3-14-2-4-15-6-7-17-10-11-19(13)25-23(17)21(15)20(14)22(16)24(18)25;1-2/h2-12H,1H3;1-2H3. The van der Waals surface area contributed by atoms with Gasteiger partial charge in [0.1, 0.15) is 0 Å². The van der Waals surface area contributed by atoms with Crippen molar-refractivity contribution >= 4 is 64.6 Å². The fraction of sp³-hybridized carbons (Fsp3) is 0.111. The zero-order valence-corrected chi connectivity index (χ0v) is 15.9. The van der Waals surface area contributed by atoms with Crippen molar-refractivity contribution in [3.05, 3.63) is 72.3 Å². The van der Waals surface area contributed by atoms with Crippen molar-refractivity contribution in [3.8, 4) is 0 Å². The van der Waals surface area contributed by atoms with Crippen LogP contribution in [0.1, 0.15) is 19.4 Å². The molecule has 7 aromatic carbocycles. The Balaban J connectivity index is 0.000000710. The van der Waals surface area contributed by atoms with Gasteiger partial charge in [0.25, 0.3) is 0 Å². The van der Waals surface area contributed by atoms with E-state index in [0.29, 0.717) is 0 Å². The van der Waals surface area contributed by atoms with Crippen LogP contribution in [0.15, 0.2) is 66.7 Å². The Morgan fingerprint density at radius 2 is 0.741 bits per heavy atom. The van der Waals surface area contributed by atoms with E-state index in [1.54, 1.807) is 0 Å². The van der Waals surface area contributed by atoms with E-state index in [0.717, 1.165) is 0 Å². The molecular weight excluding hydrogens is 324 g/mol. The van der Waals surface area contributed by atoms with Gasteiger partial charge in [-0.15, -0.1) is 0 Å². The Morgan fingerprint density at radius 1 is 0.407 bits per heavy atom. The fourth-order valence-electron chi connectivity index (χ4n) is 5.17. The highest BCUT2D eigenvalue weighted by molar-refractivity contribution is 6.44. The van der Waals surface area contributed by atoms with Gasteiger partial charge in [-0.1, -0.05) is 80.6 Å². The first-order valence-electron chi connectivity index (χ1n) is 9.88. The van der Waals surface area contributed by atoms with Crippen molar-refractivity contribution in [2.24, 2.45) is 0 Å². The molecule has 0 heteroatoms. The molecule has 0 aliphatic rings. The van der Waals surface area contributed by atoms with Crippen molar-refractivity contribution in [3.63, 3.8) is 0 Å². The number of benzene rings is 7. The molecule has 27 heavy (non-hydrogen) atoms. The Morgan fingerprint density at radius 3 is 1.22 bits per heavy atom. The highest BCUT2D eigenvalue weighted by Gasteiger charge is 2.20. The molecule has 0 aromatic heterocycles. The van der Waals surface area contributed by atoms with Gasteiger partial charge in [0, 0.05) is 0 Å². The first-order chi connectivity index (χ1) is 13.3. The minimum Gasteiger partial charge on any atom is -0.0683 e. The Hall–Kier alpha value is -3.12. The third-order valence-electron chi connectivity index (χ3n) is 6.21. The molecule has 0 fully saturated rings. The lowest BCUT2D eigenvalue weighted by atomic mass is 9.82. The second-order valence-electron chi connectivity index (χ2n) is 7.43. The predicted octanol–water partition coefficient (Wildman–Crippen LogP) is 8.25. The van der Waals surface area contributed by atoms with Crippen LogP contribution in [0.3, 0.4) is 0 Å². The van der Waals surface area contributed by atoms with E-state index in [-0.39, 0.29) is 0 Å². The van der Waals surface area contributed by atoms with Crippen molar-refractivity contribution in [1.29, 1.82) is 0 Å². The zero-order valence-electron chi connectivity index (χ0n) is 15.9. The summed E-state index contributed by atoms with van der Waals surface area (Å²) in [6.07, 6.45) is 0. The number of hydrogen-bond donors (Lipinski definition) is 0. The molecule has 0 heterocycles. The van der Waals surface area contributed by atoms with Crippen LogP contribution in [0.2, 0.25) is 0 Å². The highest BCUT2D eigenvalue weighted by Crippen LogP contribution is 2.48. The third kappa shape index (κ3) is 1.64. The minimum absolute atomic E-state index is 1.35. The summed E-state index contributed by atoms with van der Waals surface area (Å²) in [5, 5.41) is 16.8. The fourth-order valence-corrected chi connectivity index (χ4v) is 5.17. The average molecular weight is 344 g/mol. The van der Waals surface area contributed by atoms with Gasteiger partial charge in [-0.25, -0.2) is 0 Å². The lowest BCUT2D eigenvalue weighted by Crippen LogP contribution is -1.93. The molecule has 7 aromatic rings. The maximum atomic E-state index is 2.36. The van der Waals surface area contributed by atoms with Crippen LogP contribution in [0.25, 0.3) is 64.6 Å². The molecule has 0 aliphatic carbocycles. The quantitative estimate of drug-likeness (QED) is 0.192. The van der Waals surface area contributed by atoms with Gasteiger partial charge in [-0.2, -0.15) is 0 Å². The number of aryl methyl sites for hydroxylation is 1. The maximum Gasteiger partial charge on any atom is -0.00112 e. The van der Waals surface area contributed by atoms with E-state index in [1.165, 1.54) is 70.2 Å². The van der Waals surface area contributed by atoms with E-state index >= 15 is 0 Å². The van der Waals surface area contributed by atoms with Crippen LogP contribution in [-0.2, 0) is 0 Å². The van der Waals surface area contributed by atoms with E-state index in [4.69, 9.17) is 0 Å². The number of rotatable bonds is 0. The molecule has 128 valence electrons. The summed E-state index contributed by atoms with van der Waals surface area (Å²) in [6.45, 7) is 6.24. The van der Waals surface area contributed by atoms with E-state index in [1.807, 2.05) is 13.8 Å². The molecule has 0 radical (unpaired) electrons. The Kier molecular flexibility index (Phi) is 2.77. The summed E-state index contributed by atoms with van der Waals surface area (Å²) >= 11 is 0. The van der Waals surface area contributed by atoms with Crippen LogP contribution in [-0.4, -0.2) is 0 Å². The third-order valence-corrected chi connectivity index (χ3v) is 6.21. The lowest BCUT2D eigenvalue weighted by molar-refractivity contribution is 1.50. The van der Waals surface area contributed by atoms with Crippen LogP contribution in [0, 0.1) is 6.92 Å². The molecule has 0 nitrogen and oxygen atoms in total. The Labute approximate surface area is 158 Å². The molecule has 0 bridgehead atoms. The monoisotopic (exact) mass is 344 g/mol. The molecule has 0 atom stereocenters. The van der Waals surface area contributed by atoms with Gasteiger partial charge in [0.05, 0.1) is 0 Å². The predicted molar refractivity (Wildman–Crippen MR) is 121 cm³/mol. The SMILES string of the molecule is CC.Cc1cc2ccc3ccc4ccc5ccc6ccc1c1c6c5c4c3c21. The van der Waals surface area contributed by atoms with E-state index in [9.17, 15) is 0 Å². The first-order valence-corrected chi connectivity index (χ1v) is 9.88. The molecule has 7 rings (SSSR count). The summed E-state index contributed by atoms with van der Waals surface area (Å²) in [6, 6.07) is 25.2. The first kappa shape index (κ1) is 15.0. The zero-order chi connectivity index (χ0) is 18.3. The normalized spacial score (nSPS) is 12.3. The van der Waals surface area contributed by atoms with Gasteiger partial charge in [0.2, 0.25) is 0 Å². The van der Waals surface area contributed by atoms with Gasteiger partial charge >= 0.3 is 0 Å². The smallest absolute Gasteiger partial charge is 0.00112 e. The molecular formula is C27H20. The topological polar surface area (TPSA) is 0 Å². The summed E-state index contributed by atoms with van der Waals surface area (Å²) in [4.78, 5) is 0. The van der Waals surface area contributed by atoms with Crippen LogP contribution >= 0.6 is 0 Å². The highest BCUT2D eigenvalue weighted by atomic mass is 14.2. The van der Waals surface area contributed by atoms with E-state index < -0.39 is 0 Å². The van der Waals surface area contributed by atoms with Crippen molar-refractivity contribution in [2.45, 2.75) is 20.8 Å². The van der Waals surface area contributed by atoms with Crippen molar-refractivity contribution < 1.29 is 0 Å². The molecule has 0 aliphatic heterocycles. The lowest BCUT2D eigenvalue weighted by Gasteiger charge is -2.21. The molecule has 0 saturated heterocycles. The molecule has 0 spiro atoms. The molecule has 0 amide bonds. The summed E-state index contributed by atoms with van der Waals surface area (Å²) in [5.41, 5.74) is 1.37. The van der Waals surface area contributed by atoms with Gasteiger partial charge in [0.15, 0.2) is 0 Å². The molecule has 0 N–H and O–H groups in total. The van der Waals surface area contributed by atoms with Gasteiger partial charge < -0.3 is 0 Å². The summed E-state index contributed by atoms with van der Waals surface area (Å²) in [7, 11) is 0. The minimum atomic E-state index is 1.35. The average Bonchev–Trinajstić information content (AvgIpc) is 2.73. The van der Waals surface area contributed by atoms with Crippen LogP contribution < -0.4 is 0 Å². The second kappa shape index (κ2) is 4.98. The van der Waals surface area contributed by atoms with E-state index in [2.05, 4.69) is 73.7 Å². The summed E-state index contributed by atoms with van der Waals surface area (Å²) < 4.78 is 0. The molecule has 0 saturated carbocycles. The van der Waals surface area contributed by atoms with Crippen molar-refractivity contribution in [1.82, 2.24) is 0 Å². The maximum absolute atomic E-state index is 2.36. The largest absolute Gasteiger partial charge is 0.0683 e. The Bertz CT molecular complexity index is 1530. The van der Waals surface area contributed by atoms with Crippen molar-refractivity contribution in [2.75, 3.05) is 0 Å². The van der Waals surface area contributed by atoms with Gasteiger partial charge in [-0.3, -0.25) is 0 Å². The van der Waals surface area contributed by atoms with Crippen LogP contribution in [0.4, 0.5) is 0 Å².